The van der Waals surface area contributed by atoms with Crippen LogP contribution < -0.4 is 5.32 Å². The van der Waals surface area contributed by atoms with Gasteiger partial charge >= 0.3 is 6.03 Å². The second-order valence-corrected chi connectivity index (χ2v) is 8.90. The van der Waals surface area contributed by atoms with Crippen molar-refractivity contribution < 1.29 is 23.9 Å². The number of amides is 4. The summed E-state index contributed by atoms with van der Waals surface area (Å²) in [5, 5.41) is 3.02. The highest BCUT2D eigenvalue weighted by molar-refractivity contribution is 6.03. The number of carbonyl (C=O) groups excluding carboxylic acids is 3. The molecule has 0 spiro atoms. The van der Waals surface area contributed by atoms with Gasteiger partial charge in [0.1, 0.15) is 6.61 Å². The Labute approximate surface area is 206 Å². The molecule has 2 aliphatic heterocycles. The van der Waals surface area contributed by atoms with Gasteiger partial charge in [-0.15, -0.1) is 0 Å². The van der Waals surface area contributed by atoms with Crippen molar-refractivity contribution in [1.82, 2.24) is 15.1 Å². The van der Waals surface area contributed by atoms with Gasteiger partial charge in [-0.25, -0.2) is 9.69 Å². The van der Waals surface area contributed by atoms with E-state index in [2.05, 4.69) is 5.32 Å². The predicted molar refractivity (Wildman–Crippen MR) is 130 cm³/mol. The number of benzene rings is 2. The minimum absolute atomic E-state index is 0.166. The number of ether oxygens (including phenoxy) is 2. The summed E-state index contributed by atoms with van der Waals surface area (Å²) >= 11 is 0. The van der Waals surface area contributed by atoms with Gasteiger partial charge in [-0.2, -0.15) is 0 Å². The SMILES string of the molecule is CCC1(CC)C(=O)N(C(=O)NC(c2ccccc2)c2ccccc2)C1OCC(=O)N1CCOCC1. The molecule has 8 nitrogen and oxygen atoms in total. The predicted octanol–water partition coefficient (Wildman–Crippen LogP) is 3.34. The zero-order chi connectivity index (χ0) is 24.8. The lowest BCUT2D eigenvalue weighted by molar-refractivity contribution is -0.212. The molecule has 0 aliphatic carbocycles. The summed E-state index contributed by atoms with van der Waals surface area (Å²) in [6, 6.07) is 18.3. The number of hydrogen-bond donors (Lipinski definition) is 1. The van der Waals surface area contributed by atoms with E-state index in [1.54, 1.807) is 4.90 Å². The number of hydrogen-bond acceptors (Lipinski definition) is 5. The topological polar surface area (TPSA) is 88.2 Å². The largest absolute Gasteiger partial charge is 0.378 e. The van der Waals surface area contributed by atoms with Crippen LogP contribution in [0.3, 0.4) is 0 Å². The van der Waals surface area contributed by atoms with Crippen LogP contribution in [-0.4, -0.2) is 66.8 Å². The molecule has 1 unspecified atom stereocenters. The monoisotopic (exact) mass is 479 g/mol. The standard InChI is InChI=1S/C27H33N3O5/c1-3-27(4-2)24(32)30(25(27)35-19-22(31)29-15-17-34-18-16-29)26(33)28-23(20-11-7-5-8-12-20)21-13-9-6-10-14-21/h5-14,23,25H,3-4,15-19H2,1-2H3,(H,28,33). The van der Waals surface area contributed by atoms with E-state index in [0.29, 0.717) is 39.1 Å². The summed E-state index contributed by atoms with van der Waals surface area (Å²) < 4.78 is 11.3. The van der Waals surface area contributed by atoms with Crippen molar-refractivity contribution in [2.45, 2.75) is 39.0 Å². The number of nitrogens with one attached hydrogen (secondary N) is 1. The maximum absolute atomic E-state index is 13.5. The molecule has 1 atom stereocenters. The molecule has 0 radical (unpaired) electrons. The van der Waals surface area contributed by atoms with E-state index in [1.807, 2.05) is 74.5 Å². The smallest absolute Gasteiger partial charge is 0.327 e. The van der Waals surface area contributed by atoms with E-state index in [0.717, 1.165) is 16.0 Å². The van der Waals surface area contributed by atoms with Gasteiger partial charge in [0.25, 0.3) is 0 Å². The lowest BCUT2D eigenvalue weighted by Gasteiger charge is -2.53. The van der Waals surface area contributed by atoms with Gasteiger partial charge in [0.05, 0.1) is 24.7 Å². The lowest BCUT2D eigenvalue weighted by atomic mass is 9.72. The molecular weight excluding hydrogens is 446 g/mol. The van der Waals surface area contributed by atoms with Gasteiger partial charge in [0.2, 0.25) is 11.8 Å². The second-order valence-electron chi connectivity index (χ2n) is 8.90. The number of likely N-dealkylation sites (tertiary alicyclic amines) is 1. The average Bonchev–Trinajstić information content (AvgIpc) is 2.91. The van der Waals surface area contributed by atoms with Gasteiger partial charge in [0, 0.05) is 13.1 Å². The van der Waals surface area contributed by atoms with E-state index in [9.17, 15) is 14.4 Å². The number of morpholine rings is 1. The highest BCUT2D eigenvalue weighted by Gasteiger charge is 2.62. The van der Waals surface area contributed by atoms with Crippen LogP contribution in [0, 0.1) is 5.41 Å². The van der Waals surface area contributed by atoms with Crippen molar-refractivity contribution in [3.8, 4) is 0 Å². The van der Waals surface area contributed by atoms with Crippen molar-refractivity contribution in [2.75, 3.05) is 32.9 Å². The number of β-lactam (4-membered cyclic amide) rings is 1. The fourth-order valence-corrected chi connectivity index (χ4v) is 4.86. The first-order valence-electron chi connectivity index (χ1n) is 12.2. The third kappa shape index (κ3) is 4.94. The Morgan fingerprint density at radius 1 is 1.00 bits per heavy atom. The summed E-state index contributed by atoms with van der Waals surface area (Å²) in [6.07, 6.45) is 0.231. The van der Waals surface area contributed by atoms with E-state index < -0.39 is 23.7 Å². The van der Waals surface area contributed by atoms with Crippen LogP contribution >= 0.6 is 0 Å². The Bertz CT molecular complexity index is 980. The van der Waals surface area contributed by atoms with Gasteiger partial charge in [-0.1, -0.05) is 74.5 Å². The summed E-state index contributed by atoms with van der Waals surface area (Å²) in [6.45, 7) is 5.65. The zero-order valence-electron chi connectivity index (χ0n) is 20.3. The summed E-state index contributed by atoms with van der Waals surface area (Å²) in [5.41, 5.74) is 0.979. The quantitative estimate of drug-likeness (QED) is 0.587. The number of imide groups is 1. The molecule has 2 aromatic carbocycles. The second kappa shape index (κ2) is 11.0. The van der Waals surface area contributed by atoms with Crippen molar-refractivity contribution >= 4 is 17.8 Å². The van der Waals surface area contributed by atoms with Crippen LogP contribution in [0.1, 0.15) is 43.9 Å². The third-order valence-electron chi connectivity index (χ3n) is 7.09. The van der Waals surface area contributed by atoms with Gasteiger partial charge in [-0.3, -0.25) is 9.59 Å². The minimum Gasteiger partial charge on any atom is -0.378 e. The summed E-state index contributed by atoms with van der Waals surface area (Å²) in [5.74, 6) is -0.441. The normalized spacial score (nSPS) is 19.4. The summed E-state index contributed by atoms with van der Waals surface area (Å²) in [7, 11) is 0. The Balaban J connectivity index is 1.53. The number of urea groups is 1. The first-order valence-corrected chi connectivity index (χ1v) is 12.2. The van der Waals surface area contributed by atoms with E-state index in [1.165, 1.54) is 0 Å². The van der Waals surface area contributed by atoms with E-state index >= 15 is 0 Å². The maximum atomic E-state index is 13.5. The van der Waals surface area contributed by atoms with Crippen LogP contribution in [0.15, 0.2) is 60.7 Å². The summed E-state index contributed by atoms with van der Waals surface area (Å²) in [4.78, 5) is 42.2. The Kier molecular flexibility index (Phi) is 7.83. The molecule has 4 amide bonds. The van der Waals surface area contributed by atoms with Crippen LogP contribution in [0.5, 0.6) is 0 Å². The van der Waals surface area contributed by atoms with E-state index in [-0.39, 0.29) is 18.4 Å². The number of carbonyl (C=O) groups is 3. The van der Waals surface area contributed by atoms with Crippen molar-refractivity contribution in [3.05, 3.63) is 71.8 Å². The van der Waals surface area contributed by atoms with E-state index in [4.69, 9.17) is 9.47 Å². The molecule has 0 bridgehead atoms. The molecule has 2 fully saturated rings. The molecule has 2 saturated heterocycles. The van der Waals surface area contributed by atoms with Crippen molar-refractivity contribution in [1.29, 1.82) is 0 Å². The Morgan fingerprint density at radius 2 is 1.54 bits per heavy atom. The molecule has 35 heavy (non-hydrogen) atoms. The highest BCUT2D eigenvalue weighted by atomic mass is 16.5. The van der Waals surface area contributed by atoms with Crippen molar-refractivity contribution in [2.24, 2.45) is 5.41 Å². The number of rotatable bonds is 8. The van der Waals surface area contributed by atoms with Crippen LogP contribution in [0.2, 0.25) is 0 Å². The van der Waals surface area contributed by atoms with Gasteiger partial charge < -0.3 is 19.7 Å². The maximum Gasteiger partial charge on any atom is 0.327 e. The molecule has 2 heterocycles. The molecular formula is C27H33N3O5. The molecule has 0 aromatic heterocycles. The molecule has 4 rings (SSSR count). The molecule has 186 valence electrons. The Morgan fingerprint density at radius 3 is 2.06 bits per heavy atom. The lowest BCUT2D eigenvalue weighted by Crippen LogP contribution is -2.73. The van der Waals surface area contributed by atoms with Gasteiger partial charge in [-0.05, 0) is 24.0 Å². The minimum atomic E-state index is -0.822. The van der Waals surface area contributed by atoms with Crippen LogP contribution in [-0.2, 0) is 19.1 Å². The van der Waals surface area contributed by atoms with Crippen LogP contribution in [0.25, 0.3) is 0 Å². The third-order valence-corrected chi connectivity index (χ3v) is 7.09. The molecule has 2 aliphatic rings. The molecule has 8 heteroatoms. The fraction of sp³-hybridized carbons (Fsp3) is 0.444. The first kappa shape index (κ1) is 24.9. The zero-order valence-corrected chi connectivity index (χ0v) is 20.3. The first-order chi connectivity index (χ1) is 17.0. The highest BCUT2D eigenvalue weighted by Crippen LogP contribution is 2.46. The number of nitrogens with zero attached hydrogens (tertiary/aromatic N) is 2. The van der Waals surface area contributed by atoms with Crippen molar-refractivity contribution in [3.63, 3.8) is 0 Å². The molecule has 2 aromatic rings. The average molecular weight is 480 g/mol. The van der Waals surface area contributed by atoms with Gasteiger partial charge in [0.15, 0.2) is 6.23 Å². The van der Waals surface area contributed by atoms with Crippen LogP contribution in [0.4, 0.5) is 4.79 Å². The molecule has 0 saturated carbocycles. The fourth-order valence-electron chi connectivity index (χ4n) is 4.86. The Hall–Kier alpha value is -3.23. The molecule has 1 N–H and O–H groups in total.